The third-order valence-electron chi connectivity index (χ3n) is 6.69. The molecule has 3 atom stereocenters. The van der Waals surface area contributed by atoms with Crippen molar-refractivity contribution in [2.24, 2.45) is 0 Å². The zero-order valence-corrected chi connectivity index (χ0v) is 20.1. The van der Waals surface area contributed by atoms with Crippen LogP contribution in [0, 0.1) is 5.82 Å². The number of pyridine rings is 2. The molecule has 2 aliphatic rings. The fourth-order valence-corrected chi connectivity index (χ4v) is 4.81. The molecule has 0 amide bonds. The SMILES string of the molecule is CC1CC(O)(c2cnc(C(F)F)c(F)c2)CC(COc2cnc(N3CC(O)(C(F)(F)F)C3)c(C(F)(F)F)c2)N1. The summed E-state index contributed by atoms with van der Waals surface area (Å²) in [6, 6.07) is 0.231. The predicted molar refractivity (Wildman–Crippen MR) is 117 cm³/mol. The second-order valence-electron chi connectivity index (χ2n) is 9.83. The second kappa shape index (κ2) is 9.96. The number of nitrogens with one attached hydrogen (secondary N) is 1. The van der Waals surface area contributed by atoms with E-state index < -0.39 is 78.0 Å². The normalized spacial score (nSPS) is 25.5. The molecule has 0 spiro atoms. The molecule has 2 fully saturated rings. The molecule has 3 N–H and O–H groups in total. The van der Waals surface area contributed by atoms with Gasteiger partial charge in [0.25, 0.3) is 6.43 Å². The number of hydrogen-bond donors (Lipinski definition) is 3. The summed E-state index contributed by atoms with van der Waals surface area (Å²) >= 11 is 0. The van der Waals surface area contributed by atoms with Gasteiger partial charge in [0, 0.05) is 23.8 Å². The number of rotatable bonds is 6. The van der Waals surface area contributed by atoms with E-state index in [-0.39, 0.29) is 30.8 Å². The maximum Gasteiger partial charge on any atom is 0.420 e. The lowest BCUT2D eigenvalue weighted by Gasteiger charge is -2.48. The van der Waals surface area contributed by atoms with Gasteiger partial charge in [-0.25, -0.2) is 18.2 Å². The van der Waals surface area contributed by atoms with Crippen molar-refractivity contribution in [3.8, 4) is 5.75 Å². The number of halogens is 9. The summed E-state index contributed by atoms with van der Waals surface area (Å²) < 4.78 is 125. The third-order valence-corrected chi connectivity index (χ3v) is 6.69. The molecule has 3 unspecified atom stereocenters. The molecule has 4 rings (SSSR count). The molecular formula is C23H23F9N4O3. The van der Waals surface area contributed by atoms with Gasteiger partial charge in [-0.1, -0.05) is 0 Å². The van der Waals surface area contributed by atoms with Crippen LogP contribution in [0.4, 0.5) is 45.3 Å². The molecule has 2 saturated heterocycles. The summed E-state index contributed by atoms with van der Waals surface area (Å²) in [6.07, 6.45) is -11.4. The van der Waals surface area contributed by atoms with Crippen molar-refractivity contribution >= 4 is 5.82 Å². The van der Waals surface area contributed by atoms with E-state index in [1.807, 2.05) is 0 Å². The predicted octanol–water partition coefficient (Wildman–Crippen LogP) is 4.09. The van der Waals surface area contributed by atoms with Crippen molar-refractivity contribution in [3.63, 3.8) is 0 Å². The molecular weight excluding hydrogens is 551 g/mol. The average Bonchev–Trinajstić information content (AvgIpc) is 2.78. The molecule has 0 aliphatic carbocycles. The molecule has 0 saturated carbocycles. The van der Waals surface area contributed by atoms with Crippen LogP contribution in [0.25, 0.3) is 0 Å². The Balaban J connectivity index is 1.48. The lowest BCUT2D eigenvalue weighted by Crippen LogP contribution is -2.69. The topological polar surface area (TPSA) is 90.7 Å². The van der Waals surface area contributed by atoms with Crippen LogP contribution in [0.5, 0.6) is 5.75 Å². The van der Waals surface area contributed by atoms with Crippen LogP contribution in [0.15, 0.2) is 24.5 Å². The summed E-state index contributed by atoms with van der Waals surface area (Å²) in [5.41, 5.74) is -7.35. The van der Waals surface area contributed by atoms with Gasteiger partial charge >= 0.3 is 12.4 Å². The highest BCUT2D eigenvalue weighted by Gasteiger charge is 2.62. The van der Waals surface area contributed by atoms with E-state index in [4.69, 9.17) is 4.74 Å². The number of nitrogens with zero attached hydrogens (tertiary/aromatic N) is 3. The number of hydrogen-bond acceptors (Lipinski definition) is 7. The Morgan fingerprint density at radius 2 is 1.74 bits per heavy atom. The second-order valence-corrected chi connectivity index (χ2v) is 9.83. The third kappa shape index (κ3) is 5.87. The number of aliphatic hydroxyl groups is 2. The Morgan fingerprint density at radius 3 is 2.31 bits per heavy atom. The first-order valence-electron chi connectivity index (χ1n) is 11.6. The van der Waals surface area contributed by atoms with E-state index in [2.05, 4.69) is 15.3 Å². The zero-order valence-electron chi connectivity index (χ0n) is 20.1. The summed E-state index contributed by atoms with van der Waals surface area (Å²) in [6.45, 7) is -0.874. The number of aromatic nitrogens is 2. The largest absolute Gasteiger partial charge is 0.490 e. The summed E-state index contributed by atoms with van der Waals surface area (Å²) in [7, 11) is 0. The van der Waals surface area contributed by atoms with E-state index in [1.165, 1.54) is 0 Å². The minimum atomic E-state index is -5.02. The number of ether oxygens (including phenoxy) is 1. The number of alkyl halides is 8. The molecule has 0 aromatic carbocycles. The average molecular weight is 574 g/mol. The molecule has 4 heterocycles. The Bertz CT molecular complexity index is 1200. The summed E-state index contributed by atoms with van der Waals surface area (Å²) in [5, 5.41) is 23.8. The lowest BCUT2D eigenvalue weighted by atomic mass is 9.79. The van der Waals surface area contributed by atoms with Gasteiger partial charge in [-0.15, -0.1) is 0 Å². The van der Waals surface area contributed by atoms with Crippen LogP contribution in [0.1, 0.15) is 43.0 Å². The Labute approximate surface area is 215 Å². The Kier molecular flexibility index (Phi) is 7.44. The molecule has 7 nitrogen and oxygen atoms in total. The van der Waals surface area contributed by atoms with E-state index >= 15 is 0 Å². The molecule has 0 bridgehead atoms. The van der Waals surface area contributed by atoms with E-state index in [0.29, 0.717) is 11.0 Å². The van der Waals surface area contributed by atoms with Gasteiger partial charge in [0.15, 0.2) is 11.4 Å². The van der Waals surface area contributed by atoms with Crippen molar-refractivity contribution in [1.29, 1.82) is 0 Å². The fourth-order valence-electron chi connectivity index (χ4n) is 4.81. The van der Waals surface area contributed by atoms with E-state index in [9.17, 15) is 49.7 Å². The monoisotopic (exact) mass is 574 g/mol. The first-order valence-corrected chi connectivity index (χ1v) is 11.6. The highest BCUT2D eigenvalue weighted by atomic mass is 19.4. The smallest absolute Gasteiger partial charge is 0.420 e. The molecule has 2 aliphatic heterocycles. The minimum absolute atomic E-state index is 0.0488. The molecule has 0 radical (unpaired) electrons. The number of piperidine rings is 1. The van der Waals surface area contributed by atoms with Crippen molar-refractivity contribution in [1.82, 2.24) is 15.3 Å². The van der Waals surface area contributed by atoms with Crippen molar-refractivity contribution in [2.75, 3.05) is 24.6 Å². The maximum absolute atomic E-state index is 14.1. The van der Waals surface area contributed by atoms with Gasteiger partial charge in [0.05, 0.1) is 24.9 Å². The van der Waals surface area contributed by atoms with Gasteiger partial charge in [0.2, 0.25) is 0 Å². The van der Waals surface area contributed by atoms with Crippen LogP contribution in [0.3, 0.4) is 0 Å². The minimum Gasteiger partial charge on any atom is -0.490 e. The first kappa shape index (κ1) is 29.1. The highest BCUT2D eigenvalue weighted by Crippen LogP contribution is 2.44. The summed E-state index contributed by atoms with van der Waals surface area (Å²) in [4.78, 5) is 7.67. The van der Waals surface area contributed by atoms with Crippen molar-refractivity contribution in [2.45, 2.75) is 61.8 Å². The fraction of sp³-hybridized carbons (Fsp3) is 0.565. The van der Waals surface area contributed by atoms with Gasteiger partial charge in [-0.3, -0.25) is 4.98 Å². The molecule has 39 heavy (non-hydrogen) atoms. The van der Waals surface area contributed by atoms with Gasteiger partial charge in [-0.05, 0) is 31.9 Å². The quantitative estimate of drug-likeness (QED) is 0.448. The van der Waals surface area contributed by atoms with Crippen LogP contribution in [-0.4, -0.2) is 63.7 Å². The highest BCUT2D eigenvalue weighted by molar-refractivity contribution is 5.54. The lowest BCUT2D eigenvalue weighted by molar-refractivity contribution is -0.267. The maximum atomic E-state index is 14.1. The van der Waals surface area contributed by atoms with Crippen LogP contribution >= 0.6 is 0 Å². The zero-order chi connectivity index (χ0) is 29.0. The van der Waals surface area contributed by atoms with Crippen molar-refractivity contribution < 1.29 is 54.5 Å². The molecule has 16 heteroatoms. The number of β-amino-alcohol motifs (C(OH)–C–C–N with tert-alkyl or cyclic N) is 1. The first-order chi connectivity index (χ1) is 17.9. The van der Waals surface area contributed by atoms with Gasteiger partial charge in [0.1, 0.15) is 29.4 Å². The molecule has 216 valence electrons. The van der Waals surface area contributed by atoms with Crippen LogP contribution < -0.4 is 15.0 Å². The Morgan fingerprint density at radius 1 is 1.08 bits per heavy atom. The van der Waals surface area contributed by atoms with E-state index in [1.54, 1.807) is 6.92 Å². The van der Waals surface area contributed by atoms with Gasteiger partial charge < -0.3 is 25.2 Å². The molecule has 2 aromatic heterocycles. The molecule has 2 aromatic rings. The van der Waals surface area contributed by atoms with Gasteiger partial charge in [-0.2, -0.15) is 26.3 Å². The van der Waals surface area contributed by atoms with Crippen LogP contribution in [0.2, 0.25) is 0 Å². The van der Waals surface area contributed by atoms with Crippen molar-refractivity contribution in [3.05, 3.63) is 47.2 Å². The number of anilines is 1. The standard InChI is InChI=1S/C23H23F9N4O3/c1-11-4-20(37,12-2-16(24)17(18(25)26)33-6-12)5-13(35-11)8-39-14-3-15(22(27,28)29)19(34-7-14)36-9-21(38,10-36)23(30,31)32/h2-3,6-7,11,13,18,35,37-38H,4-5,8-10H2,1H3. The Hall–Kier alpha value is -2.85. The van der Waals surface area contributed by atoms with E-state index in [0.717, 1.165) is 18.5 Å². The van der Waals surface area contributed by atoms with Crippen LogP contribution in [-0.2, 0) is 11.8 Å². The summed E-state index contributed by atoms with van der Waals surface area (Å²) in [5.74, 6) is -2.46.